The standard InChI is InChI=1S/C17H24ClNO/c1-20-16-14(17(11-19)8-4-5-9-17)10-12-6-2-3-7-13(12)15(16)18/h10H,2-9,11,19H2,1H3. The molecule has 110 valence electrons. The third-order valence-electron chi connectivity index (χ3n) is 5.26. The van der Waals surface area contributed by atoms with Crippen LogP contribution >= 0.6 is 11.6 Å². The molecule has 1 aromatic rings. The monoisotopic (exact) mass is 293 g/mol. The summed E-state index contributed by atoms with van der Waals surface area (Å²) in [5.74, 6) is 0.889. The van der Waals surface area contributed by atoms with Crippen molar-refractivity contribution in [2.24, 2.45) is 5.73 Å². The van der Waals surface area contributed by atoms with Crippen molar-refractivity contribution in [3.05, 3.63) is 27.8 Å². The molecule has 2 aliphatic carbocycles. The number of halogens is 1. The molecule has 1 aromatic carbocycles. The maximum absolute atomic E-state index is 6.66. The summed E-state index contributed by atoms with van der Waals surface area (Å²) in [6, 6.07) is 2.36. The zero-order valence-corrected chi connectivity index (χ0v) is 13.1. The Bertz CT molecular complexity index is 506. The summed E-state index contributed by atoms with van der Waals surface area (Å²) in [6.45, 7) is 0.693. The quantitative estimate of drug-likeness (QED) is 0.914. The number of rotatable bonds is 3. The summed E-state index contributed by atoms with van der Waals surface area (Å²) in [6.07, 6.45) is 9.57. The largest absolute Gasteiger partial charge is 0.495 e. The lowest BCUT2D eigenvalue weighted by Gasteiger charge is -2.32. The minimum absolute atomic E-state index is 0.0848. The molecular weight excluding hydrogens is 270 g/mol. The fourth-order valence-corrected chi connectivity index (χ4v) is 4.46. The van der Waals surface area contributed by atoms with Crippen LogP contribution in [-0.2, 0) is 18.3 Å². The van der Waals surface area contributed by atoms with Crippen molar-refractivity contribution in [3.8, 4) is 5.75 Å². The number of hydrogen-bond acceptors (Lipinski definition) is 2. The Morgan fingerprint density at radius 3 is 2.55 bits per heavy atom. The molecule has 0 aliphatic heterocycles. The van der Waals surface area contributed by atoms with Crippen molar-refractivity contribution in [3.63, 3.8) is 0 Å². The van der Waals surface area contributed by atoms with Gasteiger partial charge in [-0.25, -0.2) is 0 Å². The molecule has 0 heterocycles. The van der Waals surface area contributed by atoms with Crippen LogP contribution in [0.1, 0.15) is 55.2 Å². The topological polar surface area (TPSA) is 35.2 Å². The highest BCUT2D eigenvalue weighted by Crippen LogP contribution is 2.48. The van der Waals surface area contributed by atoms with Gasteiger partial charge in [0.1, 0.15) is 5.75 Å². The molecule has 0 aromatic heterocycles. The first kappa shape index (κ1) is 14.2. The number of aryl methyl sites for hydroxylation is 1. The molecule has 1 saturated carbocycles. The lowest BCUT2D eigenvalue weighted by Crippen LogP contribution is -2.33. The molecule has 0 spiro atoms. The highest BCUT2D eigenvalue weighted by atomic mass is 35.5. The SMILES string of the molecule is COc1c(C2(CN)CCCC2)cc2c(c1Cl)CCCC2. The van der Waals surface area contributed by atoms with Gasteiger partial charge >= 0.3 is 0 Å². The number of benzene rings is 1. The number of fused-ring (bicyclic) bond motifs is 1. The van der Waals surface area contributed by atoms with E-state index in [1.165, 1.54) is 42.4 Å². The molecule has 0 saturated heterocycles. The van der Waals surface area contributed by atoms with E-state index in [0.717, 1.165) is 36.5 Å². The fraction of sp³-hybridized carbons (Fsp3) is 0.647. The summed E-state index contributed by atoms with van der Waals surface area (Å²) in [4.78, 5) is 0. The molecular formula is C17H24ClNO. The second-order valence-corrected chi connectivity index (χ2v) is 6.69. The van der Waals surface area contributed by atoms with Gasteiger partial charge in [0, 0.05) is 17.5 Å². The van der Waals surface area contributed by atoms with E-state index in [0.29, 0.717) is 6.54 Å². The third kappa shape index (κ3) is 2.14. The van der Waals surface area contributed by atoms with Crippen LogP contribution in [0.4, 0.5) is 0 Å². The van der Waals surface area contributed by atoms with Crippen LogP contribution in [0.2, 0.25) is 5.02 Å². The van der Waals surface area contributed by atoms with Gasteiger partial charge in [-0.2, -0.15) is 0 Å². The minimum atomic E-state index is 0.0848. The van der Waals surface area contributed by atoms with Gasteiger partial charge in [-0.15, -0.1) is 0 Å². The summed E-state index contributed by atoms with van der Waals surface area (Å²) in [5.41, 5.74) is 10.2. The number of methoxy groups -OCH3 is 1. The van der Waals surface area contributed by atoms with E-state index in [4.69, 9.17) is 22.1 Å². The lowest BCUT2D eigenvalue weighted by atomic mass is 9.76. The zero-order valence-electron chi connectivity index (χ0n) is 12.3. The first-order chi connectivity index (χ1) is 9.72. The van der Waals surface area contributed by atoms with Gasteiger partial charge in [0.25, 0.3) is 0 Å². The zero-order chi connectivity index (χ0) is 14.2. The van der Waals surface area contributed by atoms with Crippen LogP contribution in [0.15, 0.2) is 6.07 Å². The van der Waals surface area contributed by atoms with Crippen LogP contribution in [-0.4, -0.2) is 13.7 Å². The van der Waals surface area contributed by atoms with Gasteiger partial charge in [0.05, 0.1) is 12.1 Å². The van der Waals surface area contributed by atoms with Crippen LogP contribution in [0.3, 0.4) is 0 Å². The van der Waals surface area contributed by atoms with Crippen molar-refractivity contribution in [2.45, 2.75) is 56.8 Å². The van der Waals surface area contributed by atoms with Gasteiger partial charge in [-0.1, -0.05) is 30.5 Å². The number of ether oxygens (including phenoxy) is 1. The Hall–Kier alpha value is -0.730. The molecule has 3 heteroatoms. The number of nitrogens with two attached hydrogens (primary N) is 1. The average molecular weight is 294 g/mol. The van der Waals surface area contributed by atoms with Crippen molar-refractivity contribution in [1.29, 1.82) is 0 Å². The van der Waals surface area contributed by atoms with Gasteiger partial charge in [0.2, 0.25) is 0 Å². The summed E-state index contributed by atoms with van der Waals surface area (Å²) in [5, 5.41) is 0.847. The molecule has 3 rings (SSSR count). The summed E-state index contributed by atoms with van der Waals surface area (Å²) in [7, 11) is 1.74. The lowest BCUT2D eigenvalue weighted by molar-refractivity contribution is 0.376. The van der Waals surface area contributed by atoms with Crippen LogP contribution in [0.25, 0.3) is 0 Å². The Labute approximate surface area is 126 Å². The molecule has 1 fully saturated rings. The second-order valence-electron chi connectivity index (χ2n) is 6.31. The predicted molar refractivity (Wildman–Crippen MR) is 83.8 cm³/mol. The van der Waals surface area contributed by atoms with Crippen molar-refractivity contribution >= 4 is 11.6 Å². The highest BCUT2D eigenvalue weighted by Gasteiger charge is 2.38. The molecule has 2 N–H and O–H groups in total. The molecule has 20 heavy (non-hydrogen) atoms. The smallest absolute Gasteiger partial charge is 0.141 e. The minimum Gasteiger partial charge on any atom is -0.495 e. The van der Waals surface area contributed by atoms with Crippen LogP contribution < -0.4 is 10.5 Å². The van der Waals surface area contributed by atoms with E-state index in [-0.39, 0.29) is 5.41 Å². The van der Waals surface area contributed by atoms with Gasteiger partial charge < -0.3 is 10.5 Å². The maximum Gasteiger partial charge on any atom is 0.141 e. The Morgan fingerprint density at radius 1 is 1.20 bits per heavy atom. The maximum atomic E-state index is 6.66. The van der Waals surface area contributed by atoms with Gasteiger partial charge in [-0.3, -0.25) is 0 Å². The summed E-state index contributed by atoms with van der Waals surface area (Å²) >= 11 is 6.66. The molecule has 0 atom stereocenters. The summed E-state index contributed by atoms with van der Waals surface area (Å²) < 4.78 is 5.69. The van der Waals surface area contributed by atoms with Crippen molar-refractivity contribution in [1.82, 2.24) is 0 Å². The van der Waals surface area contributed by atoms with Crippen LogP contribution in [0, 0.1) is 0 Å². The molecule has 2 nitrogen and oxygen atoms in total. The van der Waals surface area contributed by atoms with E-state index >= 15 is 0 Å². The fourth-order valence-electron chi connectivity index (χ4n) is 4.06. The first-order valence-corrected chi connectivity index (χ1v) is 8.18. The Balaban J connectivity index is 2.16. The highest BCUT2D eigenvalue weighted by molar-refractivity contribution is 6.33. The van der Waals surface area contributed by atoms with Crippen molar-refractivity contribution in [2.75, 3.05) is 13.7 Å². The van der Waals surface area contributed by atoms with Gasteiger partial charge in [0.15, 0.2) is 0 Å². The first-order valence-electron chi connectivity index (χ1n) is 7.80. The molecule has 2 aliphatic rings. The average Bonchev–Trinajstić information content (AvgIpc) is 2.97. The van der Waals surface area contributed by atoms with E-state index in [9.17, 15) is 0 Å². The van der Waals surface area contributed by atoms with E-state index < -0.39 is 0 Å². The Kier molecular flexibility index (Phi) is 3.96. The van der Waals surface area contributed by atoms with E-state index in [1.807, 2.05) is 0 Å². The van der Waals surface area contributed by atoms with E-state index in [2.05, 4.69) is 6.07 Å². The van der Waals surface area contributed by atoms with Crippen molar-refractivity contribution < 1.29 is 4.74 Å². The van der Waals surface area contributed by atoms with E-state index in [1.54, 1.807) is 7.11 Å². The van der Waals surface area contributed by atoms with Gasteiger partial charge in [-0.05, 0) is 49.7 Å². The molecule has 0 amide bonds. The third-order valence-corrected chi connectivity index (χ3v) is 5.66. The second kappa shape index (κ2) is 5.57. The molecule has 0 bridgehead atoms. The predicted octanol–water partition coefficient (Wildman–Crippen LogP) is 4.00. The number of hydrogen-bond donors (Lipinski definition) is 1. The normalized spacial score (nSPS) is 20.8. The Morgan fingerprint density at radius 2 is 1.90 bits per heavy atom. The van der Waals surface area contributed by atoms with Crippen LogP contribution in [0.5, 0.6) is 5.75 Å². The molecule has 0 unspecified atom stereocenters. The molecule has 0 radical (unpaired) electrons.